The van der Waals surface area contributed by atoms with Gasteiger partial charge in [-0.25, -0.2) is 4.79 Å². The monoisotopic (exact) mass is 302 g/mol. The van der Waals surface area contributed by atoms with Crippen molar-refractivity contribution in [2.24, 2.45) is 0 Å². The van der Waals surface area contributed by atoms with Gasteiger partial charge >= 0.3 is 12.3 Å². The molecular formula is C14H17F3N2O2. The van der Waals surface area contributed by atoms with Gasteiger partial charge in [-0.1, -0.05) is 30.3 Å². The average molecular weight is 302 g/mol. The van der Waals surface area contributed by atoms with Gasteiger partial charge in [0.15, 0.2) is 6.61 Å². The zero-order valence-electron chi connectivity index (χ0n) is 11.6. The molecule has 0 aromatic heterocycles. The van der Waals surface area contributed by atoms with Crippen molar-refractivity contribution in [1.82, 2.24) is 9.80 Å². The number of halogens is 3. The average Bonchev–Trinajstić information content (AvgIpc) is 2.45. The maximum atomic E-state index is 12.2. The van der Waals surface area contributed by atoms with Crippen LogP contribution in [0.25, 0.3) is 0 Å². The van der Waals surface area contributed by atoms with E-state index in [1.54, 1.807) is 0 Å². The largest absolute Gasteiger partial charge is 0.440 e. The molecule has 0 aliphatic carbocycles. The zero-order chi connectivity index (χ0) is 15.5. The van der Waals surface area contributed by atoms with Crippen LogP contribution in [0.4, 0.5) is 18.0 Å². The Hall–Kier alpha value is -1.76. The molecule has 0 radical (unpaired) electrons. The first-order valence-corrected chi connectivity index (χ1v) is 6.60. The van der Waals surface area contributed by atoms with Crippen molar-refractivity contribution >= 4 is 6.09 Å². The fraction of sp³-hybridized carbons (Fsp3) is 0.500. The van der Waals surface area contributed by atoms with Gasteiger partial charge in [0.2, 0.25) is 0 Å². The molecule has 0 saturated carbocycles. The smallest absolute Gasteiger partial charge is 0.422 e. The van der Waals surface area contributed by atoms with E-state index in [-0.39, 0.29) is 6.04 Å². The number of alkyl halides is 3. The third-order valence-electron chi connectivity index (χ3n) is 3.36. The van der Waals surface area contributed by atoms with Crippen molar-refractivity contribution in [1.29, 1.82) is 0 Å². The minimum absolute atomic E-state index is 0.300. The first kappa shape index (κ1) is 15.6. The predicted octanol–water partition coefficient (Wildman–Crippen LogP) is 2.67. The zero-order valence-corrected chi connectivity index (χ0v) is 11.6. The van der Waals surface area contributed by atoms with Crippen LogP contribution < -0.4 is 0 Å². The number of carbonyl (C=O) groups is 1. The first-order valence-electron chi connectivity index (χ1n) is 6.60. The van der Waals surface area contributed by atoms with Gasteiger partial charge in [-0.15, -0.1) is 0 Å². The summed E-state index contributed by atoms with van der Waals surface area (Å²) in [6.07, 6.45) is -5.43. The molecule has 0 spiro atoms. The van der Waals surface area contributed by atoms with Gasteiger partial charge in [0, 0.05) is 19.6 Å². The molecule has 0 bridgehead atoms. The molecule has 1 fully saturated rings. The van der Waals surface area contributed by atoms with Crippen LogP contribution in [0.1, 0.15) is 11.6 Å². The molecule has 1 unspecified atom stereocenters. The third kappa shape index (κ3) is 4.35. The maximum absolute atomic E-state index is 12.2. The van der Waals surface area contributed by atoms with Crippen molar-refractivity contribution in [2.45, 2.75) is 12.2 Å². The second kappa shape index (κ2) is 6.34. The summed E-state index contributed by atoms with van der Waals surface area (Å²) in [5, 5.41) is 0. The van der Waals surface area contributed by atoms with E-state index >= 15 is 0 Å². The van der Waals surface area contributed by atoms with Crippen molar-refractivity contribution in [3.05, 3.63) is 35.9 Å². The van der Waals surface area contributed by atoms with E-state index in [4.69, 9.17) is 0 Å². The highest BCUT2D eigenvalue weighted by Gasteiger charge is 2.35. The molecule has 1 aliphatic rings. The number of benzene rings is 1. The Balaban J connectivity index is 2.10. The lowest BCUT2D eigenvalue weighted by Crippen LogP contribution is -2.49. The van der Waals surface area contributed by atoms with E-state index in [1.807, 2.05) is 42.3 Å². The summed E-state index contributed by atoms with van der Waals surface area (Å²) in [6, 6.07) is 8.93. The molecule has 1 atom stereocenters. The summed E-state index contributed by atoms with van der Waals surface area (Å²) in [5.41, 5.74) is 0.882. The highest BCUT2D eigenvalue weighted by Crippen LogP contribution is 2.26. The fourth-order valence-corrected chi connectivity index (χ4v) is 2.32. The fourth-order valence-electron chi connectivity index (χ4n) is 2.32. The molecule has 2 rings (SSSR count). The summed E-state index contributed by atoms with van der Waals surface area (Å²) >= 11 is 0. The quantitative estimate of drug-likeness (QED) is 0.842. The summed E-state index contributed by atoms with van der Waals surface area (Å²) < 4.78 is 40.9. The summed E-state index contributed by atoms with van der Waals surface area (Å²) in [5.74, 6) is 0. The molecule has 1 amide bonds. The van der Waals surface area contributed by atoms with Crippen molar-refractivity contribution in [2.75, 3.05) is 33.3 Å². The van der Waals surface area contributed by atoms with E-state index < -0.39 is 18.9 Å². The minimum Gasteiger partial charge on any atom is -0.440 e. The van der Waals surface area contributed by atoms with Crippen LogP contribution in [-0.4, -0.2) is 55.4 Å². The molecule has 1 saturated heterocycles. The molecule has 1 heterocycles. The van der Waals surface area contributed by atoms with Crippen LogP contribution in [0.2, 0.25) is 0 Å². The van der Waals surface area contributed by atoms with E-state index in [0.717, 1.165) is 5.56 Å². The Morgan fingerprint density at radius 3 is 2.57 bits per heavy atom. The number of rotatable bonds is 2. The second-order valence-corrected chi connectivity index (χ2v) is 5.05. The molecule has 1 aliphatic heterocycles. The van der Waals surface area contributed by atoms with Crippen molar-refractivity contribution in [3.8, 4) is 0 Å². The minimum atomic E-state index is -4.51. The van der Waals surface area contributed by atoms with Crippen LogP contribution >= 0.6 is 0 Å². The summed E-state index contributed by atoms with van der Waals surface area (Å²) in [6.45, 7) is -0.0536. The Labute approximate surface area is 121 Å². The van der Waals surface area contributed by atoms with E-state index in [9.17, 15) is 18.0 Å². The van der Waals surface area contributed by atoms with Gasteiger partial charge in [-0.2, -0.15) is 13.2 Å². The van der Waals surface area contributed by atoms with Gasteiger partial charge < -0.3 is 9.64 Å². The SMILES string of the molecule is CN1CCN(C(=O)OCC(F)(F)F)C(c2ccccc2)C1. The highest BCUT2D eigenvalue weighted by molar-refractivity contribution is 5.68. The molecular weight excluding hydrogens is 285 g/mol. The van der Waals surface area contributed by atoms with E-state index in [1.165, 1.54) is 4.90 Å². The van der Waals surface area contributed by atoms with Crippen molar-refractivity contribution in [3.63, 3.8) is 0 Å². The predicted molar refractivity (Wildman–Crippen MR) is 70.8 cm³/mol. The van der Waals surface area contributed by atoms with Crippen LogP contribution in [0.5, 0.6) is 0 Å². The molecule has 0 N–H and O–H groups in total. The maximum Gasteiger partial charge on any atom is 0.422 e. The molecule has 4 nitrogen and oxygen atoms in total. The van der Waals surface area contributed by atoms with Gasteiger partial charge in [0.05, 0.1) is 6.04 Å². The number of ether oxygens (including phenoxy) is 1. The van der Waals surface area contributed by atoms with E-state index in [0.29, 0.717) is 19.6 Å². The number of likely N-dealkylation sites (N-methyl/N-ethyl adjacent to an activating group) is 1. The molecule has 116 valence electrons. The van der Waals surface area contributed by atoms with Crippen molar-refractivity contribution < 1.29 is 22.7 Å². The third-order valence-corrected chi connectivity index (χ3v) is 3.36. The molecule has 1 aromatic rings. The summed E-state index contributed by atoms with van der Waals surface area (Å²) in [4.78, 5) is 15.3. The van der Waals surface area contributed by atoms with Crippen LogP contribution in [-0.2, 0) is 4.74 Å². The molecule has 7 heteroatoms. The number of nitrogens with zero attached hydrogens (tertiary/aromatic N) is 2. The number of carbonyl (C=O) groups excluding carboxylic acids is 1. The van der Waals surface area contributed by atoms with Crippen LogP contribution in [0.3, 0.4) is 0 Å². The Kier molecular flexibility index (Phi) is 4.72. The highest BCUT2D eigenvalue weighted by atomic mass is 19.4. The van der Waals surface area contributed by atoms with Gasteiger partial charge in [-0.05, 0) is 12.6 Å². The van der Waals surface area contributed by atoms with Gasteiger partial charge in [-0.3, -0.25) is 4.90 Å². The van der Waals surface area contributed by atoms with Crippen LogP contribution in [0.15, 0.2) is 30.3 Å². The number of amides is 1. The second-order valence-electron chi connectivity index (χ2n) is 5.05. The standard InChI is InChI=1S/C14H17F3N2O2/c1-18-7-8-19(13(20)21-10-14(15,16)17)12(9-18)11-5-3-2-4-6-11/h2-6,12H,7-10H2,1H3. The lowest BCUT2D eigenvalue weighted by Gasteiger charge is -2.39. The summed E-state index contributed by atoms with van der Waals surface area (Å²) in [7, 11) is 1.91. The normalized spacial score (nSPS) is 20.4. The molecule has 21 heavy (non-hydrogen) atoms. The Bertz CT molecular complexity index is 479. The lowest BCUT2D eigenvalue weighted by atomic mass is 10.0. The topological polar surface area (TPSA) is 32.8 Å². The molecule has 1 aromatic carbocycles. The lowest BCUT2D eigenvalue weighted by molar-refractivity contribution is -0.163. The van der Waals surface area contributed by atoms with E-state index in [2.05, 4.69) is 4.74 Å². The number of hydrogen-bond donors (Lipinski definition) is 0. The van der Waals surface area contributed by atoms with Gasteiger partial charge in [0.1, 0.15) is 0 Å². The first-order chi connectivity index (χ1) is 9.87. The Morgan fingerprint density at radius 1 is 1.29 bits per heavy atom. The Morgan fingerprint density at radius 2 is 1.95 bits per heavy atom. The van der Waals surface area contributed by atoms with Crippen LogP contribution in [0, 0.1) is 0 Å². The number of hydrogen-bond acceptors (Lipinski definition) is 3. The van der Waals surface area contributed by atoms with Gasteiger partial charge in [0.25, 0.3) is 0 Å². The number of piperazine rings is 1.